The van der Waals surface area contributed by atoms with Crippen molar-refractivity contribution in [3.63, 3.8) is 0 Å². The fourth-order valence-electron chi connectivity index (χ4n) is 4.62. The minimum atomic E-state index is -0.183. The number of nitrogens with zero attached hydrogens (tertiary/aromatic N) is 3. The number of rotatable bonds is 6. The zero-order valence-corrected chi connectivity index (χ0v) is 20.1. The van der Waals surface area contributed by atoms with Gasteiger partial charge in [0.15, 0.2) is 5.11 Å². The van der Waals surface area contributed by atoms with Gasteiger partial charge in [-0.3, -0.25) is 4.98 Å². The molecule has 2 aromatic carbocycles. The van der Waals surface area contributed by atoms with Crippen molar-refractivity contribution in [2.75, 3.05) is 19.1 Å². The molecule has 0 amide bonds. The highest BCUT2D eigenvalue weighted by atomic mass is 32.1. The van der Waals surface area contributed by atoms with Gasteiger partial charge >= 0.3 is 0 Å². The second-order valence-corrected chi connectivity index (χ2v) is 8.49. The molecule has 3 heterocycles. The number of hydrogen-bond acceptors (Lipinski definition) is 4. The van der Waals surface area contributed by atoms with Crippen LogP contribution >= 0.6 is 12.2 Å². The van der Waals surface area contributed by atoms with Crippen LogP contribution in [0.1, 0.15) is 29.2 Å². The van der Waals surface area contributed by atoms with Gasteiger partial charge in [0.1, 0.15) is 17.5 Å². The van der Waals surface area contributed by atoms with Crippen LogP contribution in [0.25, 0.3) is 5.69 Å². The molecule has 4 aromatic rings. The average molecular weight is 471 g/mol. The number of pyridine rings is 1. The maximum Gasteiger partial charge on any atom is 0.174 e. The Morgan fingerprint density at radius 2 is 1.71 bits per heavy atom. The third-order valence-electron chi connectivity index (χ3n) is 6.17. The first-order chi connectivity index (χ1) is 16.6. The van der Waals surface area contributed by atoms with Crippen molar-refractivity contribution >= 4 is 23.0 Å². The lowest BCUT2D eigenvalue weighted by Gasteiger charge is -2.30. The molecule has 0 bridgehead atoms. The molecule has 0 aliphatic carbocycles. The van der Waals surface area contributed by atoms with Crippen molar-refractivity contribution in [1.82, 2.24) is 14.9 Å². The van der Waals surface area contributed by atoms with Crippen molar-refractivity contribution in [2.24, 2.45) is 0 Å². The van der Waals surface area contributed by atoms with Crippen LogP contribution in [0, 0.1) is 6.92 Å². The van der Waals surface area contributed by atoms with Gasteiger partial charge < -0.3 is 24.3 Å². The molecule has 2 atom stereocenters. The highest BCUT2D eigenvalue weighted by Crippen LogP contribution is 2.46. The number of hydrogen-bond donors (Lipinski definition) is 1. The smallest absolute Gasteiger partial charge is 0.174 e. The molecule has 5 rings (SSSR count). The third-order valence-corrected chi connectivity index (χ3v) is 6.48. The molecule has 1 N–H and O–H groups in total. The quantitative estimate of drug-likeness (QED) is 0.382. The van der Waals surface area contributed by atoms with Crippen molar-refractivity contribution in [2.45, 2.75) is 19.0 Å². The van der Waals surface area contributed by atoms with E-state index in [2.05, 4.69) is 63.1 Å². The van der Waals surface area contributed by atoms with Crippen molar-refractivity contribution in [3.8, 4) is 17.2 Å². The van der Waals surface area contributed by atoms with Gasteiger partial charge in [-0.2, -0.15) is 0 Å². The first-order valence-corrected chi connectivity index (χ1v) is 11.5. The average Bonchev–Trinajstić information content (AvgIpc) is 3.43. The zero-order chi connectivity index (χ0) is 23.7. The van der Waals surface area contributed by atoms with E-state index in [0.29, 0.717) is 10.9 Å². The lowest BCUT2D eigenvalue weighted by molar-refractivity contribution is 0.402. The number of nitrogens with one attached hydrogen (secondary N) is 1. The fraction of sp³-hybridized carbons (Fsp3) is 0.185. The van der Waals surface area contributed by atoms with E-state index in [4.69, 9.17) is 21.7 Å². The maximum atomic E-state index is 5.91. The molecule has 6 nitrogen and oxygen atoms in total. The number of benzene rings is 2. The molecule has 1 fully saturated rings. The number of aryl methyl sites for hydroxylation is 1. The van der Waals surface area contributed by atoms with E-state index in [9.17, 15) is 0 Å². The summed E-state index contributed by atoms with van der Waals surface area (Å²) < 4.78 is 13.6. The summed E-state index contributed by atoms with van der Waals surface area (Å²) in [6, 6.07) is 26.0. The van der Waals surface area contributed by atoms with Crippen LogP contribution in [-0.2, 0) is 0 Å². The highest BCUT2D eigenvalue weighted by molar-refractivity contribution is 7.80. The minimum absolute atomic E-state index is 0.165. The zero-order valence-electron chi connectivity index (χ0n) is 19.3. The summed E-state index contributed by atoms with van der Waals surface area (Å²) in [4.78, 5) is 6.79. The molecule has 0 spiro atoms. The lowest BCUT2D eigenvalue weighted by atomic mass is 10.0. The number of ether oxygens (including phenoxy) is 2. The number of para-hydroxylation sites is 1. The van der Waals surface area contributed by atoms with E-state index in [0.717, 1.165) is 34.2 Å². The minimum Gasteiger partial charge on any atom is -0.497 e. The normalized spacial score (nSPS) is 17.5. The molecule has 34 heavy (non-hydrogen) atoms. The largest absolute Gasteiger partial charge is 0.497 e. The summed E-state index contributed by atoms with van der Waals surface area (Å²) in [6.45, 7) is 2.11. The molecule has 0 radical (unpaired) electrons. The highest BCUT2D eigenvalue weighted by Gasteiger charge is 2.43. The second kappa shape index (κ2) is 9.19. The van der Waals surface area contributed by atoms with E-state index in [1.165, 1.54) is 0 Å². The molecular formula is C27H26N4O2S. The van der Waals surface area contributed by atoms with Gasteiger partial charge in [0.25, 0.3) is 0 Å². The lowest BCUT2D eigenvalue weighted by Crippen LogP contribution is -2.30. The summed E-state index contributed by atoms with van der Waals surface area (Å²) >= 11 is 5.91. The summed E-state index contributed by atoms with van der Waals surface area (Å²) in [7, 11) is 3.32. The first kappa shape index (κ1) is 22.0. The number of methoxy groups -OCH3 is 2. The summed E-state index contributed by atoms with van der Waals surface area (Å²) in [5.41, 5.74) is 5.07. The fourth-order valence-corrected chi connectivity index (χ4v) is 4.96. The van der Waals surface area contributed by atoms with Crippen LogP contribution in [0.5, 0.6) is 11.5 Å². The summed E-state index contributed by atoms with van der Waals surface area (Å²) in [6.07, 6.45) is 1.81. The van der Waals surface area contributed by atoms with Crippen molar-refractivity contribution in [3.05, 3.63) is 102 Å². The number of aromatic nitrogens is 2. The molecule has 1 saturated heterocycles. The topological polar surface area (TPSA) is 51.6 Å². The van der Waals surface area contributed by atoms with Gasteiger partial charge in [0, 0.05) is 29.3 Å². The third kappa shape index (κ3) is 3.78. The molecule has 172 valence electrons. The number of anilines is 1. The Bertz CT molecular complexity index is 1310. The monoisotopic (exact) mass is 470 g/mol. The Kier molecular flexibility index (Phi) is 5.94. The van der Waals surface area contributed by atoms with E-state index in [1.54, 1.807) is 14.2 Å². The van der Waals surface area contributed by atoms with E-state index >= 15 is 0 Å². The maximum absolute atomic E-state index is 5.91. The summed E-state index contributed by atoms with van der Waals surface area (Å²) in [5.74, 6) is 1.44. The van der Waals surface area contributed by atoms with Gasteiger partial charge in [0.05, 0.1) is 31.6 Å². The standard InChI is InChI=1S/C27H26N4O2S/c1-18-12-14-22(30(18)19-9-5-4-6-10-19)26-25(21-11-7-8-16-28-21)29-27(34)31(26)23-17-20(32-2)13-15-24(23)33-3/h4-17,25-26H,1-3H3,(H,29,34). The molecular weight excluding hydrogens is 444 g/mol. The molecule has 2 unspecified atom stereocenters. The van der Waals surface area contributed by atoms with Gasteiger partial charge in [-0.15, -0.1) is 0 Å². The Balaban J connectivity index is 1.73. The van der Waals surface area contributed by atoms with Gasteiger partial charge in [0.2, 0.25) is 0 Å². The second-order valence-electron chi connectivity index (χ2n) is 8.10. The Labute approximate surface area is 204 Å². The van der Waals surface area contributed by atoms with E-state index in [-0.39, 0.29) is 12.1 Å². The number of thiocarbonyl (C=S) groups is 1. The summed E-state index contributed by atoms with van der Waals surface area (Å²) in [5, 5.41) is 4.13. The predicted octanol–water partition coefficient (Wildman–Crippen LogP) is 5.38. The van der Waals surface area contributed by atoms with Gasteiger partial charge in [-0.1, -0.05) is 24.3 Å². The van der Waals surface area contributed by atoms with Crippen molar-refractivity contribution < 1.29 is 9.47 Å². The molecule has 2 aromatic heterocycles. The SMILES string of the molecule is COc1ccc(OC)c(N2C(=S)NC(c3ccccn3)C2c2ccc(C)n2-c2ccccc2)c1. The van der Waals surface area contributed by atoms with Gasteiger partial charge in [-0.25, -0.2) is 0 Å². The Morgan fingerprint density at radius 1 is 0.912 bits per heavy atom. The van der Waals surface area contributed by atoms with Crippen LogP contribution in [-0.4, -0.2) is 28.9 Å². The van der Waals surface area contributed by atoms with Gasteiger partial charge in [-0.05, 0) is 67.7 Å². The van der Waals surface area contributed by atoms with E-state index in [1.807, 2.05) is 48.7 Å². The molecule has 7 heteroatoms. The van der Waals surface area contributed by atoms with Crippen LogP contribution < -0.4 is 19.7 Å². The van der Waals surface area contributed by atoms with Crippen LogP contribution in [0.4, 0.5) is 5.69 Å². The van der Waals surface area contributed by atoms with Crippen molar-refractivity contribution in [1.29, 1.82) is 0 Å². The molecule has 1 aliphatic heterocycles. The predicted molar refractivity (Wildman–Crippen MR) is 138 cm³/mol. The Morgan fingerprint density at radius 3 is 2.41 bits per heavy atom. The first-order valence-electron chi connectivity index (χ1n) is 11.1. The van der Waals surface area contributed by atoms with Crippen LogP contribution in [0.2, 0.25) is 0 Å². The van der Waals surface area contributed by atoms with Crippen LogP contribution in [0.3, 0.4) is 0 Å². The Hall–Kier alpha value is -3.84. The molecule has 0 saturated carbocycles. The van der Waals surface area contributed by atoms with E-state index < -0.39 is 0 Å². The molecule has 1 aliphatic rings. The van der Waals surface area contributed by atoms with Crippen LogP contribution in [0.15, 0.2) is 85.1 Å².